The third-order valence-electron chi connectivity index (χ3n) is 4.93. The molecule has 0 N–H and O–H groups in total. The summed E-state index contributed by atoms with van der Waals surface area (Å²) in [7, 11) is 3.68. The Hall–Kier alpha value is -2.41. The Morgan fingerprint density at radius 2 is 2.23 bits per heavy atom. The number of carbonyl (C=O) groups is 1. The van der Waals surface area contributed by atoms with Crippen LogP contribution in [-0.4, -0.2) is 58.7 Å². The minimum Gasteiger partial charge on any atom is -0.384 e. The molecule has 0 bridgehead atoms. The molecule has 1 aliphatic heterocycles. The zero-order chi connectivity index (χ0) is 18.5. The van der Waals surface area contributed by atoms with Gasteiger partial charge in [-0.05, 0) is 25.5 Å². The van der Waals surface area contributed by atoms with E-state index in [1.165, 1.54) is 0 Å². The molecule has 1 unspecified atom stereocenters. The van der Waals surface area contributed by atoms with E-state index in [0.717, 1.165) is 37.8 Å². The van der Waals surface area contributed by atoms with Crippen molar-refractivity contribution >= 4 is 11.7 Å². The molecule has 1 saturated heterocycles. The van der Waals surface area contributed by atoms with Crippen molar-refractivity contribution in [2.75, 3.05) is 38.3 Å². The van der Waals surface area contributed by atoms with E-state index in [2.05, 4.69) is 14.9 Å². The molecule has 0 spiro atoms. The molecular weight excluding hydrogens is 330 g/mol. The second-order valence-electron chi connectivity index (χ2n) is 6.73. The number of aryl methyl sites for hydroxylation is 1. The predicted octanol–water partition coefficient (Wildman–Crippen LogP) is 1.95. The highest BCUT2D eigenvalue weighted by atomic mass is 16.5. The molecule has 1 amide bonds. The van der Waals surface area contributed by atoms with Crippen LogP contribution >= 0.6 is 0 Å². The van der Waals surface area contributed by atoms with Gasteiger partial charge in [0, 0.05) is 58.3 Å². The van der Waals surface area contributed by atoms with Gasteiger partial charge in [0.05, 0.1) is 18.7 Å². The second kappa shape index (κ2) is 8.31. The maximum atomic E-state index is 12.8. The van der Waals surface area contributed by atoms with Crippen molar-refractivity contribution in [3.05, 3.63) is 42.1 Å². The Morgan fingerprint density at radius 3 is 2.85 bits per heavy atom. The summed E-state index contributed by atoms with van der Waals surface area (Å²) >= 11 is 0. The zero-order valence-corrected chi connectivity index (χ0v) is 15.8. The van der Waals surface area contributed by atoms with Gasteiger partial charge in [-0.2, -0.15) is 0 Å². The number of anilines is 1. The molecule has 2 aromatic heterocycles. The molecule has 3 rings (SSSR count). The SMILES string of the molecule is CCN(Cc1nccn1C)C(=O)c1ccc(N2CCC(COC)C2)nc1. The zero-order valence-electron chi connectivity index (χ0n) is 15.8. The van der Waals surface area contributed by atoms with Gasteiger partial charge < -0.3 is 19.1 Å². The Labute approximate surface area is 154 Å². The van der Waals surface area contributed by atoms with Crippen LogP contribution in [0.15, 0.2) is 30.7 Å². The van der Waals surface area contributed by atoms with Crippen molar-refractivity contribution in [3.63, 3.8) is 0 Å². The number of carbonyl (C=O) groups excluding carboxylic acids is 1. The van der Waals surface area contributed by atoms with E-state index in [9.17, 15) is 4.79 Å². The lowest BCUT2D eigenvalue weighted by Gasteiger charge is -2.21. The van der Waals surface area contributed by atoms with Crippen molar-refractivity contribution in [2.45, 2.75) is 19.9 Å². The van der Waals surface area contributed by atoms with E-state index in [1.807, 2.05) is 36.9 Å². The smallest absolute Gasteiger partial charge is 0.255 e. The Morgan fingerprint density at radius 1 is 1.38 bits per heavy atom. The van der Waals surface area contributed by atoms with Crippen molar-refractivity contribution in [2.24, 2.45) is 13.0 Å². The molecule has 1 aliphatic rings. The number of nitrogens with zero attached hydrogens (tertiary/aromatic N) is 5. The number of rotatable bonds is 7. The van der Waals surface area contributed by atoms with E-state index >= 15 is 0 Å². The topological polar surface area (TPSA) is 63.5 Å². The molecule has 0 aromatic carbocycles. The first kappa shape index (κ1) is 18.4. The summed E-state index contributed by atoms with van der Waals surface area (Å²) in [6, 6.07) is 3.81. The number of aromatic nitrogens is 3. The average molecular weight is 357 g/mol. The van der Waals surface area contributed by atoms with Crippen LogP contribution in [0.2, 0.25) is 0 Å². The van der Waals surface area contributed by atoms with E-state index in [1.54, 1.807) is 24.4 Å². The molecular formula is C19H27N5O2. The number of amides is 1. The van der Waals surface area contributed by atoms with Gasteiger partial charge in [0.15, 0.2) is 0 Å². The van der Waals surface area contributed by atoms with Gasteiger partial charge in [0.2, 0.25) is 0 Å². The number of imidazole rings is 1. The molecule has 2 aromatic rings. The summed E-state index contributed by atoms with van der Waals surface area (Å²) in [5.41, 5.74) is 0.609. The molecule has 0 radical (unpaired) electrons. The maximum Gasteiger partial charge on any atom is 0.255 e. The molecule has 26 heavy (non-hydrogen) atoms. The average Bonchev–Trinajstić information content (AvgIpc) is 3.29. The quantitative estimate of drug-likeness (QED) is 0.758. The van der Waals surface area contributed by atoms with Crippen LogP contribution in [0.1, 0.15) is 29.5 Å². The van der Waals surface area contributed by atoms with Gasteiger partial charge >= 0.3 is 0 Å². The van der Waals surface area contributed by atoms with Gasteiger partial charge in [-0.15, -0.1) is 0 Å². The van der Waals surface area contributed by atoms with Crippen molar-refractivity contribution in [1.82, 2.24) is 19.4 Å². The van der Waals surface area contributed by atoms with Crippen LogP contribution in [0, 0.1) is 5.92 Å². The normalized spacial score (nSPS) is 16.9. The minimum absolute atomic E-state index is 0.0202. The largest absolute Gasteiger partial charge is 0.384 e. The fourth-order valence-corrected chi connectivity index (χ4v) is 3.34. The second-order valence-corrected chi connectivity index (χ2v) is 6.73. The summed E-state index contributed by atoms with van der Waals surface area (Å²) in [5.74, 6) is 2.32. The monoisotopic (exact) mass is 357 g/mol. The molecule has 7 heteroatoms. The third-order valence-corrected chi connectivity index (χ3v) is 4.93. The standard InChI is InChI=1S/C19H27N5O2/c1-4-23(13-18-20-8-10-22(18)2)19(25)16-5-6-17(21-11-16)24-9-7-15(12-24)14-26-3/h5-6,8,10-11,15H,4,7,9,12-14H2,1-3H3. The number of methoxy groups -OCH3 is 1. The highest BCUT2D eigenvalue weighted by molar-refractivity contribution is 5.94. The van der Waals surface area contributed by atoms with Crippen LogP contribution < -0.4 is 4.90 Å². The highest BCUT2D eigenvalue weighted by Gasteiger charge is 2.24. The lowest BCUT2D eigenvalue weighted by Crippen LogP contribution is -2.31. The van der Waals surface area contributed by atoms with Crippen LogP contribution in [0.3, 0.4) is 0 Å². The number of pyridine rings is 1. The lowest BCUT2D eigenvalue weighted by molar-refractivity contribution is 0.0747. The molecule has 3 heterocycles. The van der Waals surface area contributed by atoms with E-state index in [4.69, 9.17) is 4.74 Å². The van der Waals surface area contributed by atoms with Gasteiger partial charge in [0.25, 0.3) is 5.91 Å². The Kier molecular flexibility index (Phi) is 5.88. The van der Waals surface area contributed by atoms with Gasteiger partial charge in [0.1, 0.15) is 11.6 Å². The number of ether oxygens (including phenoxy) is 1. The summed E-state index contributed by atoms with van der Waals surface area (Å²) in [5, 5.41) is 0. The van der Waals surface area contributed by atoms with Crippen molar-refractivity contribution < 1.29 is 9.53 Å². The summed E-state index contributed by atoms with van der Waals surface area (Å²) in [6.45, 7) is 5.81. The summed E-state index contributed by atoms with van der Waals surface area (Å²) in [6.07, 6.45) is 6.43. The lowest BCUT2D eigenvalue weighted by atomic mass is 10.1. The van der Waals surface area contributed by atoms with E-state index in [0.29, 0.717) is 24.6 Å². The number of hydrogen-bond donors (Lipinski definition) is 0. The van der Waals surface area contributed by atoms with Gasteiger partial charge in [-0.25, -0.2) is 9.97 Å². The fourth-order valence-electron chi connectivity index (χ4n) is 3.34. The molecule has 0 aliphatic carbocycles. The molecule has 140 valence electrons. The third kappa shape index (κ3) is 4.04. The molecule has 7 nitrogen and oxygen atoms in total. The molecule has 1 atom stereocenters. The fraction of sp³-hybridized carbons (Fsp3) is 0.526. The van der Waals surface area contributed by atoms with E-state index in [-0.39, 0.29) is 5.91 Å². The van der Waals surface area contributed by atoms with Crippen LogP contribution in [0.4, 0.5) is 5.82 Å². The molecule has 0 saturated carbocycles. The van der Waals surface area contributed by atoms with Gasteiger partial charge in [-0.1, -0.05) is 0 Å². The van der Waals surface area contributed by atoms with Crippen LogP contribution in [0.5, 0.6) is 0 Å². The summed E-state index contributed by atoms with van der Waals surface area (Å²) in [4.78, 5) is 25.7. The van der Waals surface area contributed by atoms with Crippen molar-refractivity contribution in [1.29, 1.82) is 0 Å². The first-order chi connectivity index (χ1) is 12.6. The summed E-state index contributed by atoms with van der Waals surface area (Å²) < 4.78 is 7.18. The van der Waals surface area contributed by atoms with E-state index < -0.39 is 0 Å². The Balaban J connectivity index is 1.65. The minimum atomic E-state index is -0.0202. The van der Waals surface area contributed by atoms with Crippen molar-refractivity contribution in [3.8, 4) is 0 Å². The maximum absolute atomic E-state index is 12.8. The Bertz CT molecular complexity index is 728. The first-order valence-corrected chi connectivity index (χ1v) is 9.07. The predicted molar refractivity (Wildman–Crippen MR) is 100 cm³/mol. The number of hydrogen-bond acceptors (Lipinski definition) is 5. The van der Waals surface area contributed by atoms with Gasteiger partial charge in [-0.3, -0.25) is 4.79 Å². The molecule has 1 fully saturated rings. The van der Waals surface area contributed by atoms with Crippen LogP contribution in [-0.2, 0) is 18.3 Å². The highest BCUT2D eigenvalue weighted by Crippen LogP contribution is 2.22. The van der Waals surface area contributed by atoms with Crippen LogP contribution in [0.25, 0.3) is 0 Å². The first-order valence-electron chi connectivity index (χ1n) is 9.07.